The van der Waals surface area contributed by atoms with E-state index in [4.69, 9.17) is 15.2 Å². The highest BCUT2D eigenvalue weighted by Crippen LogP contribution is 2.33. The molecule has 3 N–H and O–H groups in total. The molecule has 1 atom stereocenters. The van der Waals surface area contributed by atoms with Gasteiger partial charge in [-0.1, -0.05) is 0 Å². The van der Waals surface area contributed by atoms with Crippen LogP contribution >= 0.6 is 0 Å². The van der Waals surface area contributed by atoms with Crippen LogP contribution in [0.1, 0.15) is 16.7 Å². The Morgan fingerprint density at radius 3 is 2.74 bits per heavy atom. The van der Waals surface area contributed by atoms with Crippen LogP contribution in [0.3, 0.4) is 0 Å². The summed E-state index contributed by atoms with van der Waals surface area (Å²) in [6.45, 7) is 0.0837. The van der Waals surface area contributed by atoms with Crippen molar-refractivity contribution in [1.29, 1.82) is 0 Å². The Bertz CT molecular complexity index is 853. The fraction of sp³-hybridized carbons (Fsp3) is 0.316. The molecule has 0 aromatic heterocycles. The van der Waals surface area contributed by atoms with Crippen molar-refractivity contribution in [2.75, 3.05) is 19.0 Å². The number of anilines is 1. The number of fused-ring (bicyclic) bond motifs is 1. The van der Waals surface area contributed by atoms with Crippen LogP contribution in [-0.4, -0.2) is 19.6 Å². The zero-order chi connectivity index (χ0) is 19.6. The van der Waals surface area contributed by atoms with Gasteiger partial charge in [-0.15, -0.1) is 0 Å². The number of halogens is 3. The van der Waals surface area contributed by atoms with Crippen molar-refractivity contribution in [3.05, 3.63) is 53.1 Å². The molecule has 1 aliphatic rings. The molecule has 8 heteroatoms. The standard InChI is InChI=1S/C19H19F3N2O3/c1-26-16-2-3-17-12(7-16)6-13(10-27-17)18(25)24-15-5-11(9-23)4-14(8-15)19(20,21)22/h2-5,7-8,13H,6,9-10,23H2,1H3,(H,24,25). The third kappa shape index (κ3) is 4.33. The van der Waals surface area contributed by atoms with Crippen molar-refractivity contribution < 1.29 is 27.4 Å². The molecule has 3 rings (SSSR count). The van der Waals surface area contributed by atoms with Crippen LogP contribution in [-0.2, 0) is 23.9 Å². The van der Waals surface area contributed by atoms with Gasteiger partial charge in [-0.25, -0.2) is 0 Å². The molecule has 1 unspecified atom stereocenters. The summed E-state index contributed by atoms with van der Waals surface area (Å²) in [4.78, 5) is 12.6. The maximum absolute atomic E-state index is 13.0. The molecule has 2 aromatic carbocycles. The number of rotatable bonds is 4. The molecule has 0 saturated carbocycles. The quantitative estimate of drug-likeness (QED) is 0.853. The van der Waals surface area contributed by atoms with E-state index < -0.39 is 23.6 Å². The Balaban J connectivity index is 1.77. The number of hydrogen-bond acceptors (Lipinski definition) is 4. The van der Waals surface area contributed by atoms with E-state index in [2.05, 4.69) is 5.32 Å². The molecule has 1 heterocycles. The van der Waals surface area contributed by atoms with Gasteiger partial charge >= 0.3 is 6.18 Å². The Morgan fingerprint density at radius 1 is 1.30 bits per heavy atom. The average Bonchev–Trinajstić information content (AvgIpc) is 2.66. The van der Waals surface area contributed by atoms with E-state index in [9.17, 15) is 18.0 Å². The van der Waals surface area contributed by atoms with E-state index in [-0.39, 0.29) is 24.4 Å². The van der Waals surface area contributed by atoms with Gasteiger partial charge in [0.1, 0.15) is 18.1 Å². The minimum Gasteiger partial charge on any atom is -0.497 e. The monoisotopic (exact) mass is 380 g/mol. The molecule has 1 aliphatic heterocycles. The van der Waals surface area contributed by atoms with Crippen molar-refractivity contribution >= 4 is 11.6 Å². The first kappa shape index (κ1) is 19.0. The third-order valence-electron chi connectivity index (χ3n) is 4.37. The fourth-order valence-corrected chi connectivity index (χ4v) is 2.96. The fourth-order valence-electron chi connectivity index (χ4n) is 2.96. The van der Waals surface area contributed by atoms with Crippen molar-refractivity contribution in [2.45, 2.75) is 19.1 Å². The normalized spacial score (nSPS) is 16.3. The molecule has 0 fully saturated rings. The number of benzene rings is 2. The molecular weight excluding hydrogens is 361 g/mol. The molecule has 5 nitrogen and oxygen atoms in total. The molecule has 27 heavy (non-hydrogen) atoms. The largest absolute Gasteiger partial charge is 0.497 e. The predicted molar refractivity (Wildman–Crippen MR) is 93.6 cm³/mol. The van der Waals surface area contributed by atoms with E-state index >= 15 is 0 Å². The van der Waals surface area contributed by atoms with Crippen LogP contribution < -0.4 is 20.5 Å². The SMILES string of the molecule is COc1ccc2c(c1)CC(C(=O)Nc1cc(CN)cc(C(F)(F)F)c1)CO2. The van der Waals surface area contributed by atoms with Crippen LogP contribution in [0.25, 0.3) is 0 Å². The van der Waals surface area contributed by atoms with Crippen LogP contribution in [0.2, 0.25) is 0 Å². The van der Waals surface area contributed by atoms with Gasteiger partial charge in [0.25, 0.3) is 0 Å². The van der Waals surface area contributed by atoms with E-state index in [1.54, 1.807) is 18.2 Å². The topological polar surface area (TPSA) is 73.6 Å². The molecule has 0 spiro atoms. The van der Waals surface area contributed by atoms with Gasteiger partial charge in [0.05, 0.1) is 18.6 Å². The van der Waals surface area contributed by atoms with E-state index in [1.807, 2.05) is 0 Å². The molecular formula is C19H19F3N2O3. The van der Waals surface area contributed by atoms with Gasteiger partial charge in [0.2, 0.25) is 5.91 Å². The first-order chi connectivity index (χ1) is 12.8. The summed E-state index contributed by atoms with van der Waals surface area (Å²) < 4.78 is 49.9. The number of methoxy groups -OCH3 is 1. The summed E-state index contributed by atoms with van der Waals surface area (Å²) in [6.07, 6.45) is -4.12. The summed E-state index contributed by atoms with van der Waals surface area (Å²) in [5.41, 5.74) is 5.78. The van der Waals surface area contributed by atoms with Crippen molar-refractivity contribution in [3.8, 4) is 11.5 Å². The summed E-state index contributed by atoms with van der Waals surface area (Å²) in [5, 5.41) is 2.55. The molecule has 0 bridgehead atoms. The molecule has 1 amide bonds. The van der Waals surface area contributed by atoms with Crippen LogP contribution in [0.15, 0.2) is 36.4 Å². The summed E-state index contributed by atoms with van der Waals surface area (Å²) >= 11 is 0. The number of alkyl halides is 3. The predicted octanol–water partition coefficient (Wildman–Crippen LogP) is 3.36. The van der Waals surface area contributed by atoms with Crippen molar-refractivity contribution in [3.63, 3.8) is 0 Å². The lowest BCUT2D eigenvalue weighted by Gasteiger charge is -2.25. The number of hydrogen-bond donors (Lipinski definition) is 2. The molecule has 0 aliphatic carbocycles. The van der Waals surface area contributed by atoms with Gasteiger partial charge in [-0.05, 0) is 53.9 Å². The lowest BCUT2D eigenvalue weighted by atomic mass is 9.95. The second kappa shape index (κ2) is 7.48. The Kier molecular flexibility index (Phi) is 5.27. The highest BCUT2D eigenvalue weighted by molar-refractivity contribution is 5.93. The smallest absolute Gasteiger partial charge is 0.416 e. The second-order valence-corrected chi connectivity index (χ2v) is 6.30. The lowest BCUT2D eigenvalue weighted by Crippen LogP contribution is -2.32. The number of amides is 1. The molecule has 0 saturated heterocycles. The Hall–Kier alpha value is -2.74. The minimum atomic E-state index is -4.52. The number of nitrogens with one attached hydrogen (secondary N) is 1. The van der Waals surface area contributed by atoms with Gasteiger partial charge in [-0.3, -0.25) is 4.79 Å². The Morgan fingerprint density at radius 2 is 2.07 bits per heavy atom. The Labute approximate surface area is 154 Å². The van der Waals surface area contributed by atoms with Crippen LogP contribution in [0.5, 0.6) is 11.5 Å². The van der Waals surface area contributed by atoms with Crippen LogP contribution in [0.4, 0.5) is 18.9 Å². The maximum atomic E-state index is 13.0. The number of ether oxygens (including phenoxy) is 2. The number of carbonyl (C=O) groups excluding carboxylic acids is 1. The second-order valence-electron chi connectivity index (χ2n) is 6.30. The lowest BCUT2D eigenvalue weighted by molar-refractivity contribution is -0.137. The third-order valence-corrected chi connectivity index (χ3v) is 4.37. The van der Waals surface area contributed by atoms with Gasteiger partial charge in [0, 0.05) is 12.2 Å². The van der Waals surface area contributed by atoms with E-state index in [0.717, 1.165) is 17.7 Å². The van der Waals surface area contributed by atoms with Crippen molar-refractivity contribution in [2.24, 2.45) is 11.7 Å². The van der Waals surface area contributed by atoms with E-state index in [1.165, 1.54) is 13.2 Å². The minimum absolute atomic E-state index is 0.0618. The molecule has 2 aromatic rings. The molecule has 144 valence electrons. The zero-order valence-electron chi connectivity index (χ0n) is 14.6. The first-order valence-corrected chi connectivity index (χ1v) is 8.32. The average molecular weight is 380 g/mol. The van der Waals surface area contributed by atoms with Gasteiger partial charge in [-0.2, -0.15) is 13.2 Å². The highest BCUT2D eigenvalue weighted by Gasteiger charge is 2.32. The van der Waals surface area contributed by atoms with Gasteiger partial charge in [0.15, 0.2) is 0 Å². The summed E-state index contributed by atoms with van der Waals surface area (Å²) in [6, 6.07) is 8.62. The first-order valence-electron chi connectivity index (χ1n) is 8.32. The molecule has 0 radical (unpaired) electrons. The highest BCUT2D eigenvalue weighted by atomic mass is 19.4. The number of carbonyl (C=O) groups is 1. The maximum Gasteiger partial charge on any atom is 0.416 e. The number of nitrogens with two attached hydrogens (primary N) is 1. The summed E-state index contributed by atoms with van der Waals surface area (Å²) in [7, 11) is 1.54. The van der Waals surface area contributed by atoms with Crippen molar-refractivity contribution in [1.82, 2.24) is 0 Å². The van der Waals surface area contributed by atoms with Crippen LogP contribution in [0, 0.1) is 5.92 Å². The zero-order valence-corrected chi connectivity index (χ0v) is 14.6. The summed E-state index contributed by atoms with van der Waals surface area (Å²) in [5.74, 6) is 0.374. The van der Waals surface area contributed by atoms with Gasteiger partial charge < -0.3 is 20.5 Å². The van der Waals surface area contributed by atoms with E-state index in [0.29, 0.717) is 17.9 Å².